The normalized spacial score (nSPS) is 12.3. The molecule has 1 amide bonds. The number of carbonyl (C=O) groups excluding carboxylic acids is 1. The second-order valence-electron chi connectivity index (χ2n) is 4.17. The maximum Gasteiger partial charge on any atom is 0.224 e. The number of amides is 1. The van der Waals surface area contributed by atoms with Crippen molar-refractivity contribution in [1.29, 1.82) is 0 Å². The van der Waals surface area contributed by atoms with Crippen molar-refractivity contribution in [2.45, 2.75) is 25.9 Å². The van der Waals surface area contributed by atoms with Gasteiger partial charge in [-0.05, 0) is 24.6 Å². The number of hydrogen-bond donors (Lipinski definition) is 1. The summed E-state index contributed by atoms with van der Waals surface area (Å²) in [7, 11) is 1.67. The summed E-state index contributed by atoms with van der Waals surface area (Å²) in [5, 5.41) is 0.324. The molecule has 5 heteroatoms. The van der Waals surface area contributed by atoms with E-state index in [0.29, 0.717) is 17.1 Å². The molecule has 94 valence electrons. The Kier molecular flexibility index (Phi) is 4.90. The monoisotopic (exact) mass is 258 g/mol. The summed E-state index contributed by atoms with van der Waals surface area (Å²) in [4.78, 5) is 13.2. The van der Waals surface area contributed by atoms with Crippen LogP contribution in [0.3, 0.4) is 0 Å². The van der Waals surface area contributed by atoms with Gasteiger partial charge in [0.1, 0.15) is 5.82 Å². The molecule has 0 heterocycles. The topological polar surface area (TPSA) is 46.3 Å². The summed E-state index contributed by atoms with van der Waals surface area (Å²) in [5.74, 6) is -0.441. The molecule has 1 rings (SSSR count). The highest BCUT2D eigenvalue weighted by Gasteiger charge is 2.12. The molecule has 0 radical (unpaired) electrons. The van der Waals surface area contributed by atoms with Crippen LogP contribution in [-0.4, -0.2) is 23.9 Å². The minimum Gasteiger partial charge on any atom is -0.341 e. The Labute approximate surface area is 105 Å². The average molecular weight is 259 g/mol. The second kappa shape index (κ2) is 5.98. The Balaban J connectivity index is 2.67. The third kappa shape index (κ3) is 4.32. The fraction of sp³-hybridized carbons (Fsp3) is 0.417. The van der Waals surface area contributed by atoms with Crippen molar-refractivity contribution in [2.24, 2.45) is 5.73 Å². The highest BCUT2D eigenvalue weighted by atomic mass is 35.5. The number of nitrogens with two attached hydrogens (primary N) is 1. The third-order valence-electron chi connectivity index (χ3n) is 2.34. The van der Waals surface area contributed by atoms with E-state index in [4.69, 9.17) is 17.3 Å². The van der Waals surface area contributed by atoms with E-state index in [-0.39, 0.29) is 24.2 Å². The number of rotatable bonds is 4. The van der Waals surface area contributed by atoms with Crippen LogP contribution < -0.4 is 5.73 Å². The van der Waals surface area contributed by atoms with Crippen molar-refractivity contribution in [1.82, 2.24) is 4.90 Å². The SMILES string of the molecule is CC(N)CC(=O)N(C)Cc1ccc(F)cc1Cl. The van der Waals surface area contributed by atoms with Crippen LogP contribution in [0, 0.1) is 5.82 Å². The van der Waals surface area contributed by atoms with Gasteiger partial charge in [-0.25, -0.2) is 4.39 Å². The van der Waals surface area contributed by atoms with Gasteiger partial charge in [0.25, 0.3) is 0 Å². The Bertz CT molecular complexity index is 409. The van der Waals surface area contributed by atoms with Crippen molar-refractivity contribution in [3.05, 3.63) is 34.6 Å². The smallest absolute Gasteiger partial charge is 0.224 e. The van der Waals surface area contributed by atoms with Crippen LogP contribution in [0.5, 0.6) is 0 Å². The fourth-order valence-electron chi connectivity index (χ4n) is 1.42. The van der Waals surface area contributed by atoms with Crippen LogP contribution >= 0.6 is 11.6 Å². The van der Waals surface area contributed by atoms with Gasteiger partial charge in [-0.1, -0.05) is 17.7 Å². The zero-order chi connectivity index (χ0) is 13.0. The van der Waals surface area contributed by atoms with Crippen molar-refractivity contribution in [3.63, 3.8) is 0 Å². The molecule has 0 spiro atoms. The molecule has 2 N–H and O–H groups in total. The molecule has 0 fully saturated rings. The number of halogens is 2. The molecule has 0 aromatic heterocycles. The van der Waals surface area contributed by atoms with Gasteiger partial charge < -0.3 is 10.6 Å². The summed E-state index contributed by atoms with van der Waals surface area (Å²) in [6.45, 7) is 2.13. The van der Waals surface area contributed by atoms with Crippen molar-refractivity contribution in [3.8, 4) is 0 Å². The summed E-state index contributed by atoms with van der Waals surface area (Å²) in [6, 6.07) is 3.97. The van der Waals surface area contributed by atoms with E-state index in [1.54, 1.807) is 20.0 Å². The predicted molar refractivity (Wildman–Crippen MR) is 66.2 cm³/mol. The van der Waals surface area contributed by atoms with Crippen LogP contribution in [0.1, 0.15) is 18.9 Å². The zero-order valence-electron chi connectivity index (χ0n) is 9.91. The van der Waals surface area contributed by atoms with Gasteiger partial charge in [0, 0.05) is 31.1 Å². The maximum absolute atomic E-state index is 12.8. The number of carbonyl (C=O) groups is 1. The molecule has 1 atom stereocenters. The minimum atomic E-state index is -0.386. The number of benzene rings is 1. The van der Waals surface area contributed by atoms with Gasteiger partial charge in [-0.2, -0.15) is 0 Å². The second-order valence-corrected chi connectivity index (χ2v) is 4.57. The Morgan fingerprint density at radius 1 is 1.59 bits per heavy atom. The molecule has 17 heavy (non-hydrogen) atoms. The van der Waals surface area contributed by atoms with E-state index in [9.17, 15) is 9.18 Å². The third-order valence-corrected chi connectivity index (χ3v) is 2.70. The summed E-state index contributed by atoms with van der Waals surface area (Å²) in [5.41, 5.74) is 6.27. The van der Waals surface area contributed by atoms with E-state index in [2.05, 4.69) is 0 Å². The van der Waals surface area contributed by atoms with Crippen LogP contribution in [0.15, 0.2) is 18.2 Å². The quantitative estimate of drug-likeness (QED) is 0.900. The van der Waals surface area contributed by atoms with E-state index >= 15 is 0 Å². The summed E-state index contributed by atoms with van der Waals surface area (Å²) in [6.07, 6.45) is 0.287. The van der Waals surface area contributed by atoms with Crippen molar-refractivity contribution < 1.29 is 9.18 Å². The molecule has 3 nitrogen and oxygen atoms in total. The average Bonchev–Trinajstić information content (AvgIpc) is 2.21. The first-order valence-electron chi connectivity index (χ1n) is 5.33. The fourth-order valence-corrected chi connectivity index (χ4v) is 1.65. The molecule has 0 bridgehead atoms. The molecular weight excluding hydrogens is 243 g/mol. The van der Waals surface area contributed by atoms with Gasteiger partial charge in [0.15, 0.2) is 0 Å². The summed E-state index contributed by atoms with van der Waals surface area (Å²) >= 11 is 5.88. The molecule has 1 unspecified atom stereocenters. The van der Waals surface area contributed by atoms with Crippen molar-refractivity contribution >= 4 is 17.5 Å². The Morgan fingerprint density at radius 2 is 2.24 bits per heavy atom. The van der Waals surface area contributed by atoms with Crippen LogP contribution in [-0.2, 0) is 11.3 Å². The lowest BCUT2D eigenvalue weighted by Gasteiger charge is -2.19. The first-order chi connectivity index (χ1) is 7.90. The first kappa shape index (κ1) is 13.9. The Morgan fingerprint density at radius 3 is 2.76 bits per heavy atom. The minimum absolute atomic E-state index is 0.0552. The van der Waals surface area contributed by atoms with Gasteiger partial charge >= 0.3 is 0 Å². The molecule has 0 saturated carbocycles. The molecule has 1 aromatic rings. The van der Waals surface area contributed by atoms with Gasteiger partial charge in [-0.3, -0.25) is 4.79 Å². The standard InChI is InChI=1S/C12H16ClFN2O/c1-8(15)5-12(17)16(2)7-9-3-4-10(14)6-11(9)13/h3-4,6,8H,5,7,15H2,1-2H3. The zero-order valence-corrected chi connectivity index (χ0v) is 10.7. The van der Waals surface area contributed by atoms with Crippen LogP contribution in [0.4, 0.5) is 4.39 Å². The van der Waals surface area contributed by atoms with E-state index < -0.39 is 0 Å². The van der Waals surface area contributed by atoms with Gasteiger partial charge in [-0.15, -0.1) is 0 Å². The number of hydrogen-bond acceptors (Lipinski definition) is 2. The van der Waals surface area contributed by atoms with E-state index in [1.165, 1.54) is 17.0 Å². The molecule has 0 saturated heterocycles. The first-order valence-corrected chi connectivity index (χ1v) is 5.71. The molecule has 1 aromatic carbocycles. The van der Waals surface area contributed by atoms with Gasteiger partial charge in [0.2, 0.25) is 5.91 Å². The van der Waals surface area contributed by atoms with E-state index in [0.717, 1.165) is 0 Å². The highest BCUT2D eigenvalue weighted by Crippen LogP contribution is 2.18. The van der Waals surface area contributed by atoms with Crippen molar-refractivity contribution in [2.75, 3.05) is 7.05 Å². The Hall–Kier alpha value is -1.13. The summed E-state index contributed by atoms with van der Waals surface area (Å²) < 4.78 is 12.8. The highest BCUT2D eigenvalue weighted by molar-refractivity contribution is 6.31. The lowest BCUT2D eigenvalue weighted by atomic mass is 10.2. The van der Waals surface area contributed by atoms with Crippen LogP contribution in [0.2, 0.25) is 5.02 Å². The lowest BCUT2D eigenvalue weighted by molar-refractivity contribution is -0.130. The molecule has 0 aliphatic carbocycles. The van der Waals surface area contributed by atoms with Gasteiger partial charge in [0.05, 0.1) is 0 Å². The molecule has 0 aliphatic rings. The molecule has 0 aliphatic heterocycles. The van der Waals surface area contributed by atoms with E-state index in [1.807, 2.05) is 0 Å². The largest absolute Gasteiger partial charge is 0.341 e. The molecular formula is C12H16ClFN2O. The predicted octanol–water partition coefficient (Wildman–Crippen LogP) is 2.17. The lowest BCUT2D eigenvalue weighted by Crippen LogP contribution is -2.31. The number of nitrogens with zero attached hydrogens (tertiary/aromatic N) is 1. The maximum atomic E-state index is 12.8. The van der Waals surface area contributed by atoms with Crippen LogP contribution in [0.25, 0.3) is 0 Å².